The smallest absolute Gasteiger partial charge is 0.328 e. The van der Waals surface area contributed by atoms with Crippen molar-refractivity contribution in [1.82, 2.24) is 10.3 Å². The minimum atomic E-state index is -1.43. The number of hydrogen-bond acceptors (Lipinski definition) is 4. The van der Waals surface area contributed by atoms with E-state index < -0.39 is 30.0 Å². The van der Waals surface area contributed by atoms with Crippen molar-refractivity contribution in [3.05, 3.63) is 33.7 Å². The second-order valence-corrected chi connectivity index (χ2v) is 3.44. The number of carbonyl (C=O) groups is 2. The van der Waals surface area contributed by atoms with Crippen LogP contribution in [0.1, 0.15) is 16.1 Å². The van der Waals surface area contributed by atoms with E-state index in [1.54, 1.807) is 6.92 Å². The predicted molar refractivity (Wildman–Crippen MR) is 57.8 cm³/mol. The molecule has 1 unspecified atom stereocenters. The molecule has 1 amide bonds. The number of carboxylic acids is 1. The number of H-pyrrole nitrogens is 1. The van der Waals surface area contributed by atoms with E-state index in [0.29, 0.717) is 5.69 Å². The van der Waals surface area contributed by atoms with Crippen LogP contribution in [0.5, 0.6) is 0 Å². The lowest BCUT2D eigenvalue weighted by Gasteiger charge is -2.11. The van der Waals surface area contributed by atoms with Crippen molar-refractivity contribution in [2.75, 3.05) is 6.61 Å². The van der Waals surface area contributed by atoms with Gasteiger partial charge in [0.1, 0.15) is 5.56 Å². The van der Waals surface area contributed by atoms with E-state index in [0.717, 1.165) is 0 Å². The third-order valence-electron chi connectivity index (χ3n) is 2.09. The molecule has 0 saturated heterocycles. The molecule has 1 heterocycles. The number of aryl methyl sites for hydroxylation is 1. The Balaban J connectivity index is 2.90. The van der Waals surface area contributed by atoms with Crippen LogP contribution in [0.25, 0.3) is 0 Å². The SMILES string of the molecule is Cc1cc(=O)c(C(=O)NC(CO)C(=O)O)c[nH]1. The summed E-state index contributed by atoms with van der Waals surface area (Å²) in [6.07, 6.45) is 1.20. The fraction of sp³-hybridized carbons (Fsp3) is 0.300. The number of aliphatic hydroxyl groups is 1. The Hall–Kier alpha value is -2.15. The summed E-state index contributed by atoms with van der Waals surface area (Å²) in [5.74, 6) is -2.21. The highest BCUT2D eigenvalue weighted by Crippen LogP contribution is 1.94. The second kappa shape index (κ2) is 5.26. The van der Waals surface area contributed by atoms with Crippen molar-refractivity contribution in [3.63, 3.8) is 0 Å². The molecule has 0 saturated carbocycles. The third-order valence-corrected chi connectivity index (χ3v) is 2.09. The van der Waals surface area contributed by atoms with Gasteiger partial charge >= 0.3 is 5.97 Å². The molecule has 92 valence electrons. The first kappa shape index (κ1) is 12.9. The van der Waals surface area contributed by atoms with Crippen LogP contribution in [-0.2, 0) is 4.79 Å². The highest BCUT2D eigenvalue weighted by atomic mass is 16.4. The van der Waals surface area contributed by atoms with Gasteiger partial charge in [0.25, 0.3) is 5.91 Å². The molecule has 0 bridgehead atoms. The minimum absolute atomic E-state index is 0.199. The summed E-state index contributed by atoms with van der Waals surface area (Å²) in [5.41, 5.74) is -0.125. The van der Waals surface area contributed by atoms with Crippen LogP contribution in [-0.4, -0.2) is 39.7 Å². The van der Waals surface area contributed by atoms with Gasteiger partial charge in [0.05, 0.1) is 6.61 Å². The first-order valence-electron chi connectivity index (χ1n) is 4.79. The van der Waals surface area contributed by atoms with Gasteiger partial charge in [0, 0.05) is 18.0 Å². The highest BCUT2D eigenvalue weighted by Gasteiger charge is 2.20. The zero-order valence-electron chi connectivity index (χ0n) is 9.06. The Morgan fingerprint density at radius 3 is 2.65 bits per heavy atom. The summed E-state index contributed by atoms with van der Waals surface area (Å²) in [4.78, 5) is 36.2. The van der Waals surface area contributed by atoms with Crippen molar-refractivity contribution < 1.29 is 19.8 Å². The average molecular weight is 240 g/mol. The van der Waals surface area contributed by atoms with Crippen LogP contribution in [0, 0.1) is 6.92 Å². The van der Waals surface area contributed by atoms with E-state index >= 15 is 0 Å². The zero-order valence-corrected chi connectivity index (χ0v) is 9.06. The number of pyridine rings is 1. The molecule has 7 heteroatoms. The van der Waals surface area contributed by atoms with Gasteiger partial charge in [0.2, 0.25) is 0 Å². The molecule has 0 aliphatic carbocycles. The zero-order chi connectivity index (χ0) is 13.0. The summed E-state index contributed by atoms with van der Waals surface area (Å²) in [7, 11) is 0. The van der Waals surface area contributed by atoms with E-state index in [1.807, 2.05) is 5.32 Å². The van der Waals surface area contributed by atoms with Crippen LogP contribution >= 0.6 is 0 Å². The molecule has 0 aromatic carbocycles. The molecule has 7 nitrogen and oxygen atoms in total. The molecule has 4 N–H and O–H groups in total. The molecule has 0 fully saturated rings. The fourth-order valence-corrected chi connectivity index (χ4v) is 1.17. The standard InChI is InChI=1S/C10H12N2O5/c1-5-2-8(14)6(3-11-5)9(15)12-7(4-13)10(16)17/h2-3,7,13H,4H2,1H3,(H,11,14)(H,12,15)(H,16,17). The number of amides is 1. The summed E-state index contributed by atoms with van der Waals surface area (Å²) < 4.78 is 0. The van der Waals surface area contributed by atoms with Gasteiger partial charge < -0.3 is 20.5 Å². The highest BCUT2D eigenvalue weighted by molar-refractivity contribution is 5.96. The maximum atomic E-state index is 11.5. The molecule has 0 aliphatic rings. The molecule has 0 radical (unpaired) electrons. The first-order valence-corrected chi connectivity index (χ1v) is 4.79. The second-order valence-electron chi connectivity index (χ2n) is 3.44. The molecule has 0 spiro atoms. The number of nitrogens with one attached hydrogen (secondary N) is 2. The van der Waals surface area contributed by atoms with Crippen LogP contribution in [0.2, 0.25) is 0 Å². The fourth-order valence-electron chi connectivity index (χ4n) is 1.17. The van der Waals surface area contributed by atoms with Crippen LogP contribution in [0.15, 0.2) is 17.1 Å². The lowest BCUT2D eigenvalue weighted by molar-refractivity contribution is -0.140. The number of rotatable bonds is 4. The average Bonchev–Trinajstić information content (AvgIpc) is 2.24. The van der Waals surface area contributed by atoms with Crippen LogP contribution < -0.4 is 10.7 Å². The topological polar surface area (TPSA) is 119 Å². The van der Waals surface area contributed by atoms with Crippen LogP contribution in [0.4, 0.5) is 0 Å². The van der Waals surface area contributed by atoms with Crippen molar-refractivity contribution in [3.8, 4) is 0 Å². The summed E-state index contributed by atoms with van der Waals surface area (Å²) in [5, 5.41) is 19.4. The molecular weight excluding hydrogens is 228 g/mol. The van der Waals surface area contributed by atoms with Gasteiger partial charge in [-0.2, -0.15) is 0 Å². The number of aliphatic carboxylic acids is 1. The molecule has 1 rings (SSSR count). The summed E-state index contributed by atoms with van der Waals surface area (Å²) >= 11 is 0. The van der Waals surface area contributed by atoms with Gasteiger partial charge in [-0.15, -0.1) is 0 Å². The van der Waals surface area contributed by atoms with E-state index in [-0.39, 0.29) is 5.56 Å². The Morgan fingerprint density at radius 1 is 1.53 bits per heavy atom. The molecular formula is C10H12N2O5. The molecule has 1 aromatic rings. The van der Waals surface area contributed by atoms with E-state index in [2.05, 4.69) is 4.98 Å². The first-order chi connectivity index (χ1) is 7.95. The number of carbonyl (C=O) groups excluding carboxylic acids is 1. The van der Waals surface area contributed by atoms with Crippen LogP contribution in [0.3, 0.4) is 0 Å². The molecule has 17 heavy (non-hydrogen) atoms. The minimum Gasteiger partial charge on any atom is -0.480 e. The summed E-state index contributed by atoms with van der Waals surface area (Å²) in [6, 6.07) is -0.202. The molecule has 0 aliphatic heterocycles. The largest absolute Gasteiger partial charge is 0.480 e. The van der Waals surface area contributed by atoms with Gasteiger partial charge in [-0.25, -0.2) is 4.79 Å². The number of hydrogen-bond donors (Lipinski definition) is 4. The van der Waals surface area contributed by atoms with Gasteiger partial charge in [-0.1, -0.05) is 0 Å². The predicted octanol–water partition coefficient (Wildman–Crippen LogP) is -1.14. The molecule has 1 atom stereocenters. The van der Waals surface area contributed by atoms with E-state index in [1.165, 1.54) is 12.3 Å². The number of aromatic nitrogens is 1. The maximum Gasteiger partial charge on any atom is 0.328 e. The van der Waals surface area contributed by atoms with Crippen molar-refractivity contribution in [2.45, 2.75) is 13.0 Å². The van der Waals surface area contributed by atoms with Crippen molar-refractivity contribution >= 4 is 11.9 Å². The maximum absolute atomic E-state index is 11.5. The number of aliphatic hydroxyl groups excluding tert-OH is 1. The monoisotopic (exact) mass is 240 g/mol. The Labute approximate surface area is 96.1 Å². The number of aromatic amines is 1. The normalized spacial score (nSPS) is 11.9. The summed E-state index contributed by atoms with van der Waals surface area (Å²) in [6.45, 7) is 0.904. The van der Waals surface area contributed by atoms with Gasteiger partial charge in [-0.05, 0) is 6.92 Å². The van der Waals surface area contributed by atoms with Gasteiger partial charge in [-0.3, -0.25) is 9.59 Å². The Kier molecular flexibility index (Phi) is 4.00. The van der Waals surface area contributed by atoms with E-state index in [9.17, 15) is 14.4 Å². The Morgan fingerprint density at radius 2 is 2.18 bits per heavy atom. The lowest BCUT2D eigenvalue weighted by atomic mass is 10.2. The van der Waals surface area contributed by atoms with Crippen molar-refractivity contribution in [2.24, 2.45) is 0 Å². The third kappa shape index (κ3) is 3.15. The quantitative estimate of drug-likeness (QED) is 0.530. The number of carboxylic acid groups (broad SMARTS) is 1. The lowest BCUT2D eigenvalue weighted by Crippen LogP contribution is -2.44. The van der Waals surface area contributed by atoms with Crippen molar-refractivity contribution in [1.29, 1.82) is 0 Å². The van der Waals surface area contributed by atoms with E-state index in [4.69, 9.17) is 10.2 Å². The molecule has 1 aromatic heterocycles. The van der Waals surface area contributed by atoms with Gasteiger partial charge in [0.15, 0.2) is 11.5 Å². The Bertz CT molecular complexity index is 494.